The van der Waals surface area contributed by atoms with E-state index in [1.54, 1.807) is 28.0 Å². The summed E-state index contributed by atoms with van der Waals surface area (Å²) >= 11 is 0. The van der Waals surface area contributed by atoms with Gasteiger partial charge in [0.1, 0.15) is 0 Å². The van der Waals surface area contributed by atoms with Gasteiger partial charge < -0.3 is 23.7 Å². The number of carbonyl (C=O) groups excluding carboxylic acids is 2. The normalized spacial score (nSPS) is 16.1. The number of ether oxygens (including phenoxy) is 2. The molecule has 142 valence electrons. The quantitative estimate of drug-likeness (QED) is 0.805. The van der Waals surface area contributed by atoms with Crippen LogP contribution in [-0.2, 0) is 0 Å². The number of hydrogen-bond donors (Lipinski definition) is 0. The van der Waals surface area contributed by atoms with Gasteiger partial charge in [-0.2, -0.15) is 0 Å². The lowest BCUT2D eigenvalue weighted by Gasteiger charge is -2.34. The van der Waals surface area contributed by atoms with E-state index in [0.29, 0.717) is 49.1 Å². The van der Waals surface area contributed by atoms with Crippen LogP contribution in [0.15, 0.2) is 22.6 Å². The number of benzene rings is 1. The lowest BCUT2D eigenvalue weighted by molar-refractivity contribution is 0.0512. The molecule has 0 radical (unpaired) electrons. The second-order valence-corrected chi connectivity index (χ2v) is 6.75. The van der Waals surface area contributed by atoms with E-state index >= 15 is 0 Å². The molecule has 0 N–H and O–H groups in total. The summed E-state index contributed by atoms with van der Waals surface area (Å²) in [5.41, 5.74) is 0.539. The SMILES string of the molecule is CC(C)c1nnc(C(=O)N2CCN(C(=O)c3ccc4c(c3)OCO4)CC2)o1. The molecule has 27 heavy (non-hydrogen) atoms. The van der Waals surface area contributed by atoms with Gasteiger partial charge in [-0.3, -0.25) is 9.59 Å². The topological polar surface area (TPSA) is 98.0 Å². The zero-order valence-electron chi connectivity index (χ0n) is 15.2. The number of rotatable bonds is 3. The van der Waals surface area contributed by atoms with E-state index in [-0.39, 0.29) is 30.4 Å². The molecular formula is C18H20N4O5. The van der Waals surface area contributed by atoms with Gasteiger partial charge in [-0.1, -0.05) is 13.8 Å². The standard InChI is InChI=1S/C18H20N4O5/c1-11(2)15-19-20-16(27-15)18(24)22-7-5-21(6-8-22)17(23)12-3-4-13-14(9-12)26-10-25-13/h3-4,9,11H,5-8,10H2,1-2H3. The fourth-order valence-corrected chi connectivity index (χ4v) is 3.01. The second-order valence-electron chi connectivity index (χ2n) is 6.75. The Morgan fingerprint density at radius 1 is 0.963 bits per heavy atom. The Balaban J connectivity index is 1.38. The smallest absolute Gasteiger partial charge is 0.311 e. The first-order chi connectivity index (χ1) is 13.0. The molecule has 0 bridgehead atoms. The number of amides is 2. The zero-order chi connectivity index (χ0) is 19.0. The second kappa shape index (κ2) is 6.90. The molecule has 9 heteroatoms. The van der Waals surface area contributed by atoms with Crippen LogP contribution in [-0.4, -0.2) is 64.8 Å². The van der Waals surface area contributed by atoms with E-state index in [1.165, 1.54) is 0 Å². The highest BCUT2D eigenvalue weighted by atomic mass is 16.7. The Labute approximate surface area is 155 Å². The molecule has 2 aromatic rings. The molecule has 2 aliphatic heterocycles. The Kier molecular flexibility index (Phi) is 4.43. The minimum atomic E-state index is -0.301. The molecule has 1 aromatic heterocycles. The summed E-state index contributed by atoms with van der Waals surface area (Å²) in [4.78, 5) is 28.6. The van der Waals surface area contributed by atoms with E-state index < -0.39 is 0 Å². The van der Waals surface area contributed by atoms with E-state index in [2.05, 4.69) is 10.2 Å². The van der Waals surface area contributed by atoms with Crippen LogP contribution >= 0.6 is 0 Å². The van der Waals surface area contributed by atoms with Crippen molar-refractivity contribution in [2.75, 3.05) is 33.0 Å². The molecule has 1 saturated heterocycles. The fourth-order valence-electron chi connectivity index (χ4n) is 3.01. The number of carbonyl (C=O) groups is 2. The van der Waals surface area contributed by atoms with Crippen LogP contribution in [0.3, 0.4) is 0 Å². The maximum atomic E-state index is 12.7. The summed E-state index contributed by atoms with van der Waals surface area (Å²) in [7, 11) is 0. The highest BCUT2D eigenvalue weighted by molar-refractivity contribution is 5.95. The van der Waals surface area contributed by atoms with Crippen molar-refractivity contribution >= 4 is 11.8 Å². The number of nitrogens with zero attached hydrogens (tertiary/aromatic N) is 4. The minimum absolute atomic E-state index is 0.00533. The molecule has 2 amide bonds. The van der Waals surface area contributed by atoms with Gasteiger partial charge in [0.15, 0.2) is 11.5 Å². The molecular weight excluding hydrogens is 352 g/mol. The number of hydrogen-bond acceptors (Lipinski definition) is 7. The third-order valence-corrected chi connectivity index (χ3v) is 4.59. The molecule has 0 unspecified atom stereocenters. The summed E-state index contributed by atoms with van der Waals surface area (Å²) in [5, 5.41) is 7.73. The minimum Gasteiger partial charge on any atom is -0.454 e. The van der Waals surface area contributed by atoms with Gasteiger partial charge in [0.25, 0.3) is 5.91 Å². The molecule has 4 rings (SSSR count). The summed E-state index contributed by atoms with van der Waals surface area (Å²) in [6, 6.07) is 5.14. The highest BCUT2D eigenvalue weighted by Crippen LogP contribution is 2.32. The first kappa shape index (κ1) is 17.3. The van der Waals surface area contributed by atoms with Crippen molar-refractivity contribution in [1.82, 2.24) is 20.0 Å². The van der Waals surface area contributed by atoms with Crippen LogP contribution in [0.25, 0.3) is 0 Å². The van der Waals surface area contributed by atoms with E-state index in [9.17, 15) is 9.59 Å². The predicted octanol–water partition coefficient (Wildman–Crippen LogP) is 1.52. The molecule has 1 fully saturated rings. The molecule has 0 saturated carbocycles. The van der Waals surface area contributed by atoms with Gasteiger partial charge in [0.05, 0.1) is 0 Å². The van der Waals surface area contributed by atoms with Crippen LogP contribution in [0.4, 0.5) is 0 Å². The summed E-state index contributed by atoms with van der Waals surface area (Å²) < 4.78 is 16.0. The Hall–Kier alpha value is -3.10. The van der Waals surface area contributed by atoms with Gasteiger partial charge in [0, 0.05) is 37.7 Å². The average Bonchev–Trinajstić information content (AvgIpc) is 3.36. The Morgan fingerprint density at radius 3 is 2.30 bits per heavy atom. The monoisotopic (exact) mass is 372 g/mol. The maximum absolute atomic E-state index is 12.7. The molecule has 3 heterocycles. The van der Waals surface area contributed by atoms with Gasteiger partial charge in [0.2, 0.25) is 12.7 Å². The largest absolute Gasteiger partial charge is 0.454 e. The molecule has 9 nitrogen and oxygen atoms in total. The van der Waals surface area contributed by atoms with Gasteiger partial charge in [-0.05, 0) is 18.2 Å². The maximum Gasteiger partial charge on any atom is 0.311 e. The van der Waals surface area contributed by atoms with Crippen LogP contribution in [0.2, 0.25) is 0 Å². The van der Waals surface area contributed by atoms with Crippen LogP contribution < -0.4 is 9.47 Å². The Morgan fingerprint density at radius 2 is 1.63 bits per heavy atom. The highest BCUT2D eigenvalue weighted by Gasteiger charge is 2.29. The molecule has 2 aliphatic rings. The zero-order valence-corrected chi connectivity index (χ0v) is 15.2. The van der Waals surface area contributed by atoms with Crippen molar-refractivity contribution < 1.29 is 23.5 Å². The van der Waals surface area contributed by atoms with E-state index in [4.69, 9.17) is 13.9 Å². The van der Waals surface area contributed by atoms with E-state index in [0.717, 1.165) is 0 Å². The number of piperazine rings is 1. The van der Waals surface area contributed by atoms with E-state index in [1.807, 2.05) is 13.8 Å². The Bertz CT molecular complexity index is 870. The van der Waals surface area contributed by atoms with Crippen molar-refractivity contribution in [1.29, 1.82) is 0 Å². The fraction of sp³-hybridized carbons (Fsp3) is 0.444. The number of aromatic nitrogens is 2. The number of fused-ring (bicyclic) bond motifs is 1. The van der Waals surface area contributed by atoms with Crippen molar-refractivity contribution in [2.24, 2.45) is 0 Å². The third kappa shape index (κ3) is 3.32. The molecule has 0 aliphatic carbocycles. The van der Waals surface area contributed by atoms with Crippen LogP contribution in [0.1, 0.15) is 46.7 Å². The molecule has 0 atom stereocenters. The third-order valence-electron chi connectivity index (χ3n) is 4.59. The predicted molar refractivity (Wildman–Crippen MR) is 92.8 cm³/mol. The average molecular weight is 372 g/mol. The first-order valence-electron chi connectivity index (χ1n) is 8.84. The lowest BCUT2D eigenvalue weighted by atomic mass is 10.1. The summed E-state index contributed by atoms with van der Waals surface area (Å²) in [6.45, 7) is 5.70. The van der Waals surface area contributed by atoms with Gasteiger partial charge >= 0.3 is 11.8 Å². The van der Waals surface area contributed by atoms with Gasteiger partial charge in [-0.25, -0.2) is 0 Å². The van der Waals surface area contributed by atoms with Crippen molar-refractivity contribution in [3.8, 4) is 11.5 Å². The summed E-state index contributed by atoms with van der Waals surface area (Å²) in [6.07, 6.45) is 0. The molecule has 1 aromatic carbocycles. The van der Waals surface area contributed by atoms with Crippen molar-refractivity contribution in [2.45, 2.75) is 19.8 Å². The van der Waals surface area contributed by atoms with Crippen LogP contribution in [0.5, 0.6) is 11.5 Å². The van der Waals surface area contributed by atoms with Crippen molar-refractivity contribution in [3.63, 3.8) is 0 Å². The molecule has 0 spiro atoms. The first-order valence-corrected chi connectivity index (χ1v) is 8.84. The lowest BCUT2D eigenvalue weighted by Crippen LogP contribution is -2.50. The summed E-state index contributed by atoms with van der Waals surface area (Å²) in [5.74, 6) is 1.32. The van der Waals surface area contributed by atoms with Crippen molar-refractivity contribution in [3.05, 3.63) is 35.5 Å². The van der Waals surface area contributed by atoms with Gasteiger partial charge in [-0.15, -0.1) is 10.2 Å². The van der Waals surface area contributed by atoms with Crippen LogP contribution in [0, 0.1) is 0 Å².